The van der Waals surface area contributed by atoms with Crippen LogP contribution < -0.4 is 5.32 Å². The van der Waals surface area contributed by atoms with Crippen LogP contribution in [0.4, 0.5) is 0 Å². The van der Waals surface area contributed by atoms with E-state index in [1.807, 2.05) is 30.3 Å². The van der Waals surface area contributed by atoms with Crippen LogP contribution in [0.1, 0.15) is 42.6 Å². The number of hydrogen-bond acceptors (Lipinski definition) is 2. The fraction of sp³-hybridized carbons (Fsp3) is 0.280. The average Bonchev–Trinajstić information content (AvgIpc) is 2.74. The second-order valence-electron chi connectivity index (χ2n) is 7.71. The van der Waals surface area contributed by atoms with Gasteiger partial charge in [0.1, 0.15) is 0 Å². The molecule has 27 heavy (non-hydrogen) atoms. The monoisotopic (exact) mass is 357 g/mol. The van der Waals surface area contributed by atoms with E-state index in [1.165, 1.54) is 11.1 Å². The Morgan fingerprint density at radius 2 is 1.00 bits per heavy atom. The molecule has 3 aromatic carbocycles. The molecule has 0 aromatic heterocycles. The van der Waals surface area contributed by atoms with Crippen molar-refractivity contribution in [3.8, 4) is 0 Å². The van der Waals surface area contributed by atoms with E-state index in [4.69, 9.17) is 0 Å². The summed E-state index contributed by atoms with van der Waals surface area (Å²) in [7, 11) is 0. The van der Waals surface area contributed by atoms with E-state index in [0.717, 1.165) is 5.56 Å². The molecule has 1 aliphatic heterocycles. The van der Waals surface area contributed by atoms with Crippen molar-refractivity contribution in [2.75, 3.05) is 0 Å². The first-order valence-electron chi connectivity index (χ1n) is 9.76. The predicted molar refractivity (Wildman–Crippen MR) is 110 cm³/mol. The van der Waals surface area contributed by atoms with Crippen molar-refractivity contribution in [1.29, 1.82) is 0 Å². The molecular weight excluding hydrogens is 330 g/mol. The second-order valence-corrected chi connectivity index (χ2v) is 7.71. The zero-order valence-corrected chi connectivity index (χ0v) is 15.9. The predicted octanol–water partition coefficient (Wildman–Crippen LogP) is 5.23. The van der Waals surface area contributed by atoms with Crippen molar-refractivity contribution >= 4 is 0 Å². The Morgan fingerprint density at radius 1 is 0.630 bits per heavy atom. The smallest absolute Gasteiger partial charge is 0.0983 e. The Hall–Kier alpha value is -2.42. The molecular formula is C25H27NO. The molecule has 0 bridgehead atoms. The summed E-state index contributed by atoms with van der Waals surface area (Å²) in [5, 5.41) is 16.0. The first-order chi connectivity index (χ1) is 13.1. The number of hydrogen-bond donors (Lipinski definition) is 2. The van der Waals surface area contributed by atoms with Gasteiger partial charge in [0.2, 0.25) is 0 Å². The van der Waals surface area contributed by atoms with Crippen molar-refractivity contribution in [3.05, 3.63) is 108 Å². The molecule has 1 unspecified atom stereocenters. The Morgan fingerprint density at radius 3 is 1.41 bits per heavy atom. The van der Waals surface area contributed by atoms with E-state index in [2.05, 4.69) is 79.8 Å². The van der Waals surface area contributed by atoms with Gasteiger partial charge < -0.3 is 10.4 Å². The fourth-order valence-electron chi connectivity index (χ4n) is 4.73. The zero-order valence-electron chi connectivity index (χ0n) is 15.9. The van der Waals surface area contributed by atoms with Crippen LogP contribution in [0.15, 0.2) is 91.0 Å². The average molecular weight is 357 g/mol. The number of rotatable bonds is 3. The van der Waals surface area contributed by atoms with E-state index in [-0.39, 0.29) is 23.9 Å². The van der Waals surface area contributed by atoms with Gasteiger partial charge in [-0.05, 0) is 16.7 Å². The molecule has 0 spiro atoms. The van der Waals surface area contributed by atoms with Gasteiger partial charge in [-0.2, -0.15) is 0 Å². The molecule has 138 valence electrons. The maximum Gasteiger partial charge on any atom is 0.0983 e. The lowest BCUT2D eigenvalue weighted by molar-refractivity contribution is -0.118. The van der Waals surface area contributed by atoms with Crippen LogP contribution in [0.25, 0.3) is 0 Å². The highest BCUT2D eigenvalue weighted by atomic mass is 16.3. The molecule has 2 nitrogen and oxygen atoms in total. The third kappa shape index (κ3) is 3.09. The molecule has 0 amide bonds. The van der Waals surface area contributed by atoms with Crippen molar-refractivity contribution < 1.29 is 5.11 Å². The fourth-order valence-corrected chi connectivity index (χ4v) is 4.73. The van der Waals surface area contributed by atoms with E-state index in [0.29, 0.717) is 0 Å². The largest absolute Gasteiger partial charge is 0.384 e. The lowest BCUT2D eigenvalue weighted by atomic mass is 9.63. The first-order valence-corrected chi connectivity index (χ1v) is 9.76. The van der Waals surface area contributed by atoms with Gasteiger partial charge in [0.05, 0.1) is 5.60 Å². The second kappa shape index (κ2) is 7.30. The van der Waals surface area contributed by atoms with Crippen LogP contribution in [-0.4, -0.2) is 5.11 Å². The Labute approximate surface area is 161 Å². The van der Waals surface area contributed by atoms with Gasteiger partial charge in [0.25, 0.3) is 0 Å². The maximum atomic E-state index is 12.1. The van der Waals surface area contributed by atoms with Gasteiger partial charge in [-0.1, -0.05) is 105 Å². The molecule has 2 heteroatoms. The molecule has 0 aliphatic carbocycles. The van der Waals surface area contributed by atoms with E-state index in [1.54, 1.807) is 0 Å². The van der Waals surface area contributed by atoms with Gasteiger partial charge in [0.15, 0.2) is 0 Å². The Bertz CT molecular complexity index is 811. The highest BCUT2D eigenvalue weighted by Crippen LogP contribution is 2.51. The van der Waals surface area contributed by atoms with Gasteiger partial charge >= 0.3 is 0 Å². The van der Waals surface area contributed by atoms with Crippen molar-refractivity contribution in [2.24, 2.45) is 11.8 Å². The summed E-state index contributed by atoms with van der Waals surface area (Å²) in [5.74, 6) is 0.0505. The summed E-state index contributed by atoms with van der Waals surface area (Å²) in [4.78, 5) is 0. The summed E-state index contributed by atoms with van der Waals surface area (Å²) in [6, 6.07) is 31.3. The van der Waals surface area contributed by atoms with Crippen molar-refractivity contribution in [3.63, 3.8) is 0 Å². The Balaban J connectivity index is 1.84. The number of aliphatic hydroxyl groups is 1. The van der Waals surface area contributed by atoms with Gasteiger partial charge in [-0.15, -0.1) is 0 Å². The molecule has 2 N–H and O–H groups in total. The summed E-state index contributed by atoms with van der Waals surface area (Å²) in [6.45, 7) is 4.32. The summed E-state index contributed by atoms with van der Waals surface area (Å²) in [6.07, 6.45) is 0. The van der Waals surface area contributed by atoms with Crippen LogP contribution >= 0.6 is 0 Å². The van der Waals surface area contributed by atoms with Crippen LogP contribution in [0.2, 0.25) is 0 Å². The number of piperidine rings is 1. The quantitative estimate of drug-likeness (QED) is 0.672. The number of benzene rings is 3. The molecule has 3 aromatic rings. The van der Waals surface area contributed by atoms with E-state index < -0.39 is 5.60 Å². The van der Waals surface area contributed by atoms with Gasteiger partial charge in [-0.25, -0.2) is 0 Å². The lowest BCUT2D eigenvalue weighted by Gasteiger charge is -2.52. The van der Waals surface area contributed by atoms with Crippen LogP contribution in [0.3, 0.4) is 0 Å². The lowest BCUT2D eigenvalue weighted by Crippen LogP contribution is -2.55. The maximum absolute atomic E-state index is 12.1. The summed E-state index contributed by atoms with van der Waals surface area (Å²) < 4.78 is 0. The molecule has 1 aliphatic rings. The van der Waals surface area contributed by atoms with E-state index in [9.17, 15) is 5.11 Å². The summed E-state index contributed by atoms with van der Waals surface area (Å²) in [5.41, 5.74) is 2.50. The zero-order chi connectivity index (χ0) is 18.9. The topological polar surface area (TPSA) is 32.3 Å². The van der Waals surface area contributed by atoms with Crippen molar-refractivity contribution in [2.45, 2.75) is 31.5 Å². The first kappa shape index (κ1) is 18.0. The molecule has 0 saturated carbocycles. The van der Waals surface area contributed by atoms with Crippen molar-refractivity contribution in [1.82, 2.24) is 5.32 Å². The van der Waals surface area contributed by atoms with Crippen LogP contribution in [-0.2, 0) is 5.60 Å². The molecule has 1 heterocycles. The minimum Gasteiger partial charge on any atom is -0.384 e. The van der Waals surface area contributed by atoms with Crippen LogP contribution in [0.5, 0.6) is 0 Å². The highest BCUT2D eigenvalue weighted by molar-refractivity contribution is 5.33. The minimum atomic E-state index is -0.923. The molecule has 5 atom stereocenters. The normalized spacial score (nSPS) is 30.8. The number of nitrogens with one attached hydrogen (secondary N) is 1. The molecule has 0 radical (unpaired) electrons. The third-order valence-corrected chi connectivity index (χ3v) is 6.30. The van der Waals surface area contributed by atoms with Gasteiger partial charge in [0, 0.05) is 23.9 Å². The standard InChI is InChI=1S/C25H27NO/c1-18-23(20-12-6-3-7-13-20)26-24(21-14-8-4-9-15-21)19(2)25(18,27)22-16-10-5-11-17-22/h3-19,23-24,26-27H,1-2H3/t18-,19+,23-,24-,25?/m0/s1. The molecule has 1 fully saturated rings. The SMILES string of the molecule is C[C@@H]1[C@@H](c2ccccc2)N[C@H](c2ccccc2)[C@H](C)C1(O)c1ccccc1. The molecule has 4 rings (SSSR count). The summed E-state index contributed by atoms with van der Waals surface area (Å²) >= 11 is 0. The van der Waals surface area contributed by atoms with Crippen LogP contribution in [0, 0.1) is 11.8 Å². The third-order valence-electron chi connectivity index (χ3n) is 6.30. The Kier molecular flexibility index (Phi) is 4.86. The molecule has 1 saturated heterocycles. The minimum absolute atomic E-state index is 0.0252. The highest BCUT2D eigenvalue weighted by Gasteiger charge is 2.52. The van der Waals surface area contributed by atoms with Gasteiger partial charge in [-0.3, -0.25) is 0 Å². The van der Waals surface area contributed by atoms with E-state index >= 15 is 0 Å².